The Kier molecular flexibility index (Phi) is 6.87. The highest BCUT2D eigenvalue weighted by molar-refractivity contribution is 6.07. The highest BCUT2D eigenvalue weighted by atomic mass is 16.2. The Labute approximate surface area is 218 Å². The van der Waals surface area contributed by atoms with Crippen LogP contribution in [0.5, 0.6) is 0 Å². The molecule has 3 amide bonds. The van der Waals surface area contributed by atoms with Crippen LogP contribution in [0.1, 0.15) is 43.5 Å². The lowest BCUT2D eigenvalue weighted by atomic mass is 9.85. The van der Waals surface area contributed by atoms with Crippen molar-refractivity contribution in [2.75, 3.05) is 31.2 Å². The van der Waals surface area contributed by atoms with Crippen LogP contribution in [0, 0.1) is 0 Å². The third-order valence-corrected chi connectivity index (χ3v) is 7.83. The molecular weight excluding hydrogens is 464 g/mol. The van der Waals surface area contributed by atoms with Crippen LogP contribution in [-0.4, -0.2) is 65.4 Å². The highest BCUT2D eigenvalue weighted by Crippen LogP contribution is 2.39. The van der Waals surface area contributed by atoms with E-state index in [0.29, 0.717) is 38.2 Å². The molecule has 0 radical (unpaired) electrons. The predicted octanol–water partition coefficient (Wildman–Crippen LogP) is 4.04. The van der Waals surface area contributed by atoms with Gasteiger partial charge < -0.3 is 20.0 Å². The summed E-state index contributed by atoms with van der Waals surface area (Å²) in [7, 11) is 0. The minimum Gasteiger partial charge on any atom is -0.352 e. The van der Waals surface area contributed by atoms with Gasteiger partial charge in [0.05, 0.1) is 6.67 Å². The van der Waals surface area contributed by atoms with Gasteiger partial charge in [-0.1, -0.05) is 61.5 Å². The number of rotatable bonds is 6. The van der Waals surface area contributed by atoms with Gasteiger partial charge in [0.1, 0.15) is 12.1 Å². The molecule has 0 aliphatic carbocycles. The number of hydrogen-bond acceptors (Lipinski definition) is 4. The van der Waals surface area contributed by atoms with Gasteiger partial charge in [0, 0.05) is 30.4 Å². The van der Waals surface area contributed by atoms with Crippen LogP contribution < -0.4 is 10.2 Å². The largest absolute Gasteiger partial charge is 0.352 e. The topological polar surface area (TPSA) is 73.0 Å². The fourth-order valence-corrected chi connectivity index (χ4v) is 5.58. The predicted molar refractivity (Wildman–Crippen MR) is 145 cm³/mol. The van der Waals surface area contributed by atoms with Crippen molar-refractivity contribution in [1.82, 2.24) is 15.1 Å². The van der Waals surface area contributed by atoms with Crippen LogP contribution >= 0.6 is 0 Å². The average molecular weight is 499 g/mol. The third-order valence-electron chi connectivity index (χ3n) is 7.83. The SMILES string of the molecule is CCC(C)NC(=O)CN1CN(c2ccccc2)C2(CCN(C(=O)c3cccc4ccccc34)CC2)C1=O. The van der Waals surface area contributed by atoms with Crippen LogP contribution in [0.3, 0.4) is 0 Å². The van der Waals surface area contributed by atoms with Gasteiger partial charge in [-0.15, -0.1) is 0 Å². The summed E-state index contributed by atoms with van der Waals surface area (Å²) in [6, 6.07) is 23.7. The van der Waals surface area contributed by atoms with Gasteiger partial charge in [0.15, 0.2) is 0 Å². The highest BCUT2D eigenvalue weighted by Gasteiger charge is 2.54. The second kappa shape index (κ2) is 10.2. The van der Waals surface area contributed by atoms with E-state index in [1.54, 1.807) is 4.90 Å². The van der Waals surface area contributed by atoms with E-state index in [4.69, 9.17) is 0 Å². The quantitative estimate of drug-likeness (QED) is 0.557. The first-order chi connectivity index (χ1) is 17.9. The molecule has 0 saturated carbocycles. The molecule has 2 saturated heterocycles. The van der Waals surface area contributed by atoms with Crippen molar-refractivity contribution in [3.05, 3.63) is 78.4 Å². The van der Waals surface area contributed by atoms with E-state index in [1.165, 1.54) is 0 Å². The Hall–Kier alpha value is -3.87. The van der Waals surface area contributed by atoms with E-state index in [1.807, 2.05) is 91.5 Å². The fraction of sp³-hybridized carbons (Fsp3) is 0.367. The van der Waals surface area contributed by atoms with Gasteiger partial charge in [-0.2, -0.15) is 0 Å². The molecule has 5 rings (SSSR count). The van der Waals surface area contributed by atoms with Crippen molar-refractivity contribution in [3.63, 3.8) is 0 Å². The lowest BCUT2D eigenvalue weighted by Crippen LogP contribution is -2.57. The molecule has 7 heteroatoms. The molecule has 2 fully saturated rings. The molecule has 1 spiro atoms. The molecule has 0 aromatic heterocycles. The molecule has 1 unspecified atom stereocenters. The second-order valence-electron chi connectivity index (χ2n) is 10.1. The molecule has 2 aliphatic rings. The average Bonchev–Trinajstić information content (AvgIpc) is 3.19. The molecular formula is C30H34N4O3. The van der Waals surface area contributed by atoms with Gasteiger partial charge in [0.25, 0.3) is 11.8 Å². The summed E-state index contributed by atoms with van der Waals surface area (Å²) < 4.78 is 0. The zero-order valence-corrected chi connectivity index (χ0v) is 21.5. The molecule has 1 N–H and O–H groups in total. The minimum absolute atomic E-state index is 0.00635. The number of amides is 3. The Bertz CT molecular complexity index is 1300. The normalized spacial score (nSPS) is 17.9. The van der Waals surface area contributed by atoms with Crippen LogP contribution in [0.15, 0.2) is 72.8 Å². The van der Waals surface area contributed by atoms with Crippen molar-refractivity contribution < 1.29 is 14.4 Å². The maximum absolute atomic E-state index is 13.9. The number of benzene rings is 3. The molecule has 37 heavy (non-hydrogen) atoms. The first kappa shape index (κ1) is 24.8. The molecule has 192 valence electrons. The maximum Gasteiger partial charge on any atom is 0.254 e. The van der Waals surface area contributed by atoms with Crippen molar-refractivity contribution in [3.8, 4) is 0 Å². The van der Waals surface area contributed by atoms with Crippen molar-refractivity contribution >= 4 is 34.2 Å². The number of hydrogen-bond donors (Lipinski definition) is 1. The molecule has 3 aromatic rings. The van der Waals surface area contributed by atoms with Gasteiger partial charge >= 0.3 is 0 Å². The molecule has 2 aliphatic heterocycles. The summed E-state index contributed by atoms with van der Waals surface area (Å²) in [6.45, 7) is 5.32. The van der Waals surface area contributed by atoms with Crippen LogP contribution in [0.4, 0.5) is 5.69 Å². The zero-order valence-electron chi connectivity index (χ0n) is 21.5. The van der Waals surface area contributed by atoms with Crippen molar-refractivity contribution in [2.45, 2.75) is 44.7 Å². The van der Waals surface area contributed by atoms with E-state index in [0.717, 1.165) is 22.9 Å². The molecule has 7 nitrogen and oxygen atoms in total. The summed E-state index contributed by atoms with van der Waals surface area (Å²) in [4.78, 5) is 45.7. The minimum atomic E-state index is -0.770. The number of carbonyl (C=O) groups is 3. The van der Waals surface area contributed by atoms with Crippen molar-refractivity contribution in [1.29, 1.82) is 0 Å². The summed E-state index contributed by atoms with van der Waals surface area (Å²) >= 11 is 0. The lowest BCUT2D eigenvalue weighted by Gasteiger charge is -2.43. The number of fused-ring (bicyclic) bond motifs is 1. The van der Waals surface area contributed by atoms with Gasteiger partial charge in [-0.05, 0) is 55.2 Å². The number of carbonyl (C=O) groups excluding carboxylic acids is 3. The number of para-hydroxylation sites is 1. The fourth-order valence-electron chi connectivity index (χ4n) is 5.58. The van der Waals surface area contributed by atoms with Crippen molar-refractivity contribution in [2.24, 2.45) is 0 Å². The standard InChI is InChI=1S/C30H34N4O3/c1-3-22(2)31-27(35)20-33-21-34(24-12-5-4-6-13-24)30(29(33)37)16-18-32(19-17-30)28(36)26-15-9-11-23-10-7-8-14-25(23)26/h4-15,22H,3,16-21H2,1-2H3,(H,31,35). The first-order valence-electron chi connectivity index (χ1n) is 13.1. The first-order valence-corrected chi connectivity index (χ1v) is 13.1. The number of piperidine rings is 1. The monoisotopic (exact) mass is 498 g/mol. The molecule has 0 bridgehead atoms. The van der Waals surface area contributed by atoms with E-state index in [-0.39, 0.29) is 30.3 Å². The summed E-state index contributed by atoms with van der Waals surface area (Å²) in [5.41, 5.74) is 0.873. The van der Waals surface area contributed by atoms with E-state index in [9.17, 15) is 14.4 Å². The van der Waals surface area contributed by atoms with Crippen LogP contribution in [0.25, 0.3) is 10.8 Å². The Morgan fingerprint density at radius 2 is 1.62 bits per heavy atom. The number of anilines is 1. The summed E-state index contributed by atoms with van der Waals surface area (Å²) in [5, 5.41) is 4.95. The lowest BCUT2D eigenvalue weighted by molar-refractivity contribution is -0.137. The maximum atomic E-state index is 13.9. The van der Waals surface area contributed by atoms with Crippen LogP contribution in [-0.2, 0) is 9.59 Å². The van der Waals surface area contributed by atoms with E-state index in [2.05, 4.69) is 10.2 Å². The Morgan fingerprint density at radius 1 is 0.946 bits per heavy atom. The van der Waals surface area contributed by atoms with E-state index < -0.39 is 5.54 Å². The Balaban J connectivity index is 1.37. The number of nitrogens with one attached hydrogen (secondary N) is 1. The van der Waals surface area contributed by atoms with Gasteiger partial charge in [0.2, 0.25) is 5.91 Å². The van der Waals surface area contributed by atoms with Gasteiger partial charge in [-0.3, -0.25) is 14.4 Å². The number of nitrogens with zero attached hydrogens (tertiary/aromatic N) is 3. The second-order valence-corrected chi connectivity index (χ2v) is 10.1. The Morgan fingerprint density at radius 3 is 2.35 bits per heavy atom. The van der Waals surface area contributed by atoms with E-state index >= 15 is 0 Å². The summed E-state index contributed by atoms with van der Waals surface area (Å²) in [6.07, 6.45) is 1.86. The third kappa shape index (κ3) is 4.66. The van der Waals surface area contributed by atoms with Gasteiger partial charge in [-0.25, -0.2) is 0 Å². The smallest absolute Gasteiger partial charge is 0.254 e. The van der Waals surface area contributed by atoms with Crippen LogP contribution in [0.2, 0.25) is 0 Å². The molecule has 1 atom stereocenters. The molecule has 3 aromatic carbocycles. The molecule has 2 heterocycles. The summed E-state index contributed by atoms with van der Waals surface area (Å²) in [5.74, 6) is -0.183. The zero-order chi connectivity index (χ0) is 26.0. The number of likely N-dealkylation sites (tertiary alicyclic amines) is 1.